The maximum atomic E-state index is 10.7. The van der Waals surface area contributed by atoms with Crippen LogP contribution in [0.4, 0.5) is 0 Å². The second-order valence-corrected chi connectivity index (χ2v) is 2.79. The minimum Gasteiger partial charge on any atom is -0.478 e. The second-order valence-electron chi connectivity index (χ2n) is 2.79. The van der Waals surface area contributed by atoms with E-state index < -0.39 is 11.9 Å². The molecule has 0 fully saturated rings. The summed E-state index contributed by atoms with van der Waals surface area (Å²) in [5.74, 6) is -1.88. The highest BCUT2D eigenvalue weighted by molar-refractivity contribution is 6.03. The maximum absolute atomic E-state index is 10.7. The Kier molecular flexibility index (Phi) is 6.50. The molecule has 0 aliphatic heterocycles. The Balaban J connectivity index is 0.000000487. The van der Waals surface area contributed by atoms with Crippen molar-refractivity contribution in [2.45, 2.75) is 0 Å². The number of primary amides is 1. The van der Waals surface area contributed by atoms with E-state index >= 15 is 0 Å². The van der Waals surface area contributed by atoms with E-state index in [1.165, 1.54) is 18.2 Å². The first-order chi connectivity index (χ1) is 7.54. The molecule has 0 heterocycles. The summed E-state index contributed by atoms with van der Waals surface area (Å²) in [6.45, 7) is 1.19. The number of carbonyl (C=O) groups excluding carboxylic acids is 1. The van der Waals surface area contributed by atoms with Gasteiger partial charge in [0.05, 0.1) is 11.1 Å². The Morgan fingerprint density at radius 2 is 1.50 bits per heavy atom. The van der Waals surface area contributed by atoms with Crippen LogP contribution in [0.15, 0.2) is 24.3 Å². The number of carboxylic acid groups (broad SMARTS) is 1. The van der Waals surface area contributed by atoms with Gasteiger partial charge in [-0.05, 0) is 12.1 Å². The maximum Gasteiger partial charge on any atom is 0.336 e. The van der Waals surface area contributed by atoms with Crippen molar-refractivity contribution in [3.8, 4) is 0 Å². The summed E-state index contributed by atoms with van der Waals surface area (Å²) in [7, 11) is 0. The lowest BCUT2D eigenvalue weighted by Gasteiger charge is -1.99. The van der Waals surface area contributed by atoms with Gasteiger partial charge in [0, 0.05) is 13.1 Å². The number of hydrogen-bond acceptors (Lipinski definition) is 4. The van der Waals surface area contributed by atoms with Gasteiger partial charge in [0.2, 0.25) is 5.91 Å². The summed E-state index contributed by atoms with van der Waals surface area (Å²) in [6.07, 6.45) is 0. The van der Waals surface area contributed by atoms with Crippen LogP contribution in [-0.4, -0.2) is 30.1 Å². The van der Waals surface area contributed by atoms with Crippen molar-refractivity contribution < 1.29 is 14.7 Å². The van der Waals surface area contributed by atoms with Gasteiger partial charge in [0.25, 0.3) is 0 Å². The van der Waals surface area contributed by atoms with Crippen LogP contribution in [0.1, 0.15) is 20.7 Å². The molecule has 0 bridgehead atoms. The molecule has 88 valence electrons. The Morgan fingerprint density at radius 1 is 1.06 bits per heavy atom. The number of aromatic carboxylic acids is 1. The number of benzene rings is 1. The van der Waals surface area contributed by atoms with Gasteiger partial charge in [0.1, 0.15) is 0 Å². The molecular weight excluding hydrogens is 210 g/mol. The van der Waals surface area contributed by atoms with Crippen molar-refractivity contribution in [1.82, 2.24) is 0 Å². The third kappa shape index (κ3) is 4.54. The van der Waals surface area contributed by atoms with Gasteiger partial charge in [-0.2, -0.15) is 0 Å². The van der Waals surface area contributed by atoms with Crippen LogP contribution in [0, 0.1) is 0 Å². The highest BCUT2D eigenvalue weighted by Gasteiger charge is 2.11. The molecule has 0 unspecified atom stereocenters. The van der Waals surface area contributed by atoms with Gasteiger partial charge in [-0.1, -0.05) is 12.1 Å². The molecule has 6 heteroatoms. The van der Waals surface area contributed by atoms with Crippen LogP contribution >= 0.6 is 0 Å². The van der Waals surface area contributed by atoms with Gasteiger partial charge in [-0.25, -0.2) is 4.79 Å². The standard InChI is InChI=1S/C8H7NO3.C2H8N2/c9-7(10)5-3-1-2-4-6(5)8(11)12;3-1-2-4/h1-4H,(H2,9,10)(H,11,12);1-4H2. The second kappa shape index (κ2) is 7.38. The monoisotopic (exact) mass is 225 g/mol. The average molecular weight is 225 g/mol. The zero-order chi connectivity index (χ0) is 12.6. The lowest BCUT2D eigenvalue weighted by Crippen LogP contribution is -2.15. The minimum absolute atomic E-state index is 0.0324. The normalized spacial score (nSPS) is 8.88. The van der Waals surface area contributed by atoms with Crippen molar-refractivity contribution in [2.75, 3.05) is 13.1 Å². The molecule has 0 aliphatic rings. The zero-order valence-electron chi connectivity index (χ0n) is 8.72. The molecule has 1 amide bonds. The molecule has 1 aromatic rings. The fourth-order valence-electron chi connectivity index (χ4n) is 0.884. The van der Waals surface area contributed by atoms with Crippen molar-refractivity contribution >= 4 is 11.9 Å². The summed E-state index contributed by atoms with van der Waals surface area (Å²) in [5.41, 5.74) is 14.7. The van der Waals surface area contributed by atoms with Crippen molar-refractivity contribution in [3.05, 3.63) is 35.4 Å². The molecule has 16 heavy (non-hydrogen) atoms. The highest BCUT2D eigenvalue weighted by Crippen LogP contribution is 2.06. The van der Waals surface area contributed by atoms with E-state index in [-0.39, 0.29) is 11.1 Å². The summed E-state index contributed by atoms with van der Waals surface area (Å²) < 4.78 is 0. The molecule has 6 nitrogen and oxygen atoms in total. The summed E-state index contributed by atoms with van der Waals surface area (Å²) in [5, 5.41) is 8.61. The van der Waals surface area contributed by atoms with Gasteiger partial charge >= 0.3 is 5.97 Å². The molecule has 1 aromatic carbocycles. The highest BCUT2D eigenvalue weighted by atomic mass is 16.4. The van der Waals surface area contributed by atoms with Gasteiger partial charge in [-0.3, -0.25) is 4.79 Å². The molecule has 0 spiro atoms. The molecule has 0 aliphatic carbocycles. The van der Waals surface area contributed by atoms with E-state index in [0.717, 1.165) is 0 Å². The SMILES string of the molecule is NC(=O)c1ccccc1C(=O)O.NCCN. The van der Waals surface area contributed by atoms with Crippen LogP contribution in [0.25, 0.3) is 0 Å². The number of hydrogen-bond donors (Lipinski definition) is 4. The Morgan fingerprint density at radius 3 is 1.75 bits per heavy atom. The predicted octanol–water partition coefficient (Wildman–Crippen LogP) is -0.612. The molecule has 7 N–H and O–H groups in total. The molecule has 0 aromatic heterocycles. The van der Waals surface area contributed by atoms with Crippen molar-refractivity contribution in [1.29, 1.82) is 0 Å². The predicted molar refractivity (Wildman–Crippen MR) is 60.0 cm³/mol. The third-order valence-electron chi connectivity index (χ3n) is 1.59. The number of amides is 1. The Hall–Kier alpha value is -1.92. The number of nitrogens with two attached hydrogens (primary N) is 3. The topological polar surface area (TPSA) is 132 Å². The van der Waals surface area contributed by atoms with E-state index in [1.807, 2.05) is 0 Å². The fraction of sp³-hybridized carbons (Fsp3) is 0.200. The van der Waals surface area contributed by atoms with Crippen LogP contribution in [0.3, 0.4) is 0 Å². The van der Waals surface area contributed by atoms with E-state index in [0.29, 0.717) is 13.1 Å². The van der Waals surface area contributed by atoms with E-state index in [1.54, 1.807) is 6.07 Å². The molecule has 0 saturated carbocycles. The largest absolute Gasteiger partial charge is 0.478 e. The summed E-state index contributed by atoms with van der Waals surface area (Å²) in [6, 6.07) is 5.82. The van der Waals surface area contributed by atoms with Crippen molar-refractivity contribution in [3.63, 3.8) is 0 Å². The lowest BCUT2D eigenvalue weighted by molar-refractivity contribution is 0.0692. The smallest absolute Gasteiger partial charge is 0.336 e. The van der Waals surface area contributed by atoms with Gasteiger partial charge in [0.15, 0.2) is 0 Å². The van der Waals surface area contributed by atoms with Crippen LogP contribution in [0.5, 0.6) is 0 Å². The van der Waals surface area contributed by atoms with E-state index in [4.69, 9.17) is 22.3 Å². The Bertz CT molecular complexity index is 331. The molecular formula is C10H15N3O3. The summed E-state index contributed by atoms with van der Waals surface area (Å²) >= 11 is 0. The third-order valence-corrected chi connectivity index (χ3v) is 1.59. The first-order valence-corrected chi connectivity index (χ1v) is 4.56. The number of carboxylic acids is 1. The molecule has 0 radical (unpaired) electrons. The quantitative estimate of drug-likeness (QED) is 0.544. The Labute approximate surface area is 93.0 Å². The molecule has 0 atom stereocenters. The first-order valence-electron chi connectivity index (χ1n) is 4.56. The van der Waals surface area contributed by atoms with Crippen LogP contribution in [0.2, 0.25) is 0 Å². The fourth-order valence-corrected chi connectivity index (χ4v) is 0.884. The molecule has 0 saturated heterocycles. The first kappa shape index (κ1) is 14.1. The minimum atomic E-state index is -1.15. The summed E-state index contributed by atoms with van der Waals surface area (Å²) in [4.78, 5) is 21.2. The lowest BCUT2D eigenvalue weighted by atomic mass is 10.1. The van der Waals surface area contributed by atoms with Gasteiger partial charge in [-0.15, -0.1) is 0 Å². The zero-order valence-corrected chi connectivity index (χ0v) is 8.72. The number of carbonyl (C=O) groups is 2. The number of rotatable bonds is 3. The van der Waals surface area contributed by atoms with E-state index in [9.17, 15) is 9.59 Å². The molecule has 1 rings (SSSR count). The van der Waals surface area contributed by atoms with Crippen LogP contribution in [-0.2, 0) is 0 Å². The average Bonchev–Trinajstić information content (AvgIpc) is 2.29. The van der Waals surface area contributed by atoms with Crippen molar-refractivity contribution in [2.24, 2.45) is 17.2 Å². The van der Waals surface area contributed by atoms with Gasteiger partial charge < -0.3 is 22.3 Å². The van der Waals surface area contributed by atoms with E-state index in [2.05, 4.69) is 0 Å². The van der Waals surface area contributed by atoms with Crippen LogP contribution < -0.4 is 17.2 Å².